The summed E-state index contributed by atoms with van der Waals surface area (Å²) >= 11 is 0. The van der Waals surface area contributed by atoms with Crippen molar-refractivity contribution >= 4 is 5.91 Å². The van der Waals surface area contributed by atoms with Crippen molar-refractivity contribution in [2.24, 2.45) is 5.73 Å². The van der Waals surface area contributed by atoms with Crippen LogP contribution in [0.3, 0.4) is 0 Å². The number of likely N-dealkylation sites (tertiary alicyclic amines) is 1. The van der Waals surface area contributed by atoms with Crippen molar-refractivity contribution in [2.45, 2.75) is 51.7 Å². The standard InChI is InChI=1S/C17H26N2O2/c1-3-15(18)14-9-5-6-10-16(14)21-13(2)17(20)19-11-7-4-8-12-19/h5-6,9-10,13,15H,3-4,7-8,11-12,18H2,1-2H3. The van der Waals surface area contributed by atoms with Gasteiger partial charge in [0.25, 0.3) is 5.91 Å². The fraction of sp³-hybridized carbons (Fsp3) is 0.588. The van der Waals surface area contributed by atoms with Crippen LogP contribution in [0.1, 0.15) is 51.1 Å². The molecular formula is C17H26N2O2. The summed E-state index contributed by atoms with van der Waals surface area (Å²) in [4.78, 5) is 14.3. The third-order valence-corrected chi connectivity index (χ3v) is 4.08. The molecule has 1 aromatic carbocycles. The first kappa shape index (κ1) is 15.8. The second-order valence-electron chi connectivity index (χ2n) is 5.70. The Labute approximate surface area is 127 Å². The van der Waals surface area contributed by atoms with Gasteiger partial charge in [-0.25, -0.2) is 0 Å². The molecule has 0 saturated carbocycles. The molecule has 4 nitrogen and oxygen atoms in total. The zero-order chi connectivity index (χ0) is 15.2. The van der Waals surface area contributed by atoms with Gasteiger partial charge in [-0.15, -0.1) is 0 Å². The first-order valence-corrected chi connectivity index (χ1v) is 7.93. The van der Waals surface area contributed by atoms with E-state index in [0.29, 0.717) is 0 Å². The van der Waals surface area contributed by atoms with E-state index < -0.39 is 6.10 Å². The minimum Gasteiger partial charge on any atom is -0.481 e. The molecular weight excluding hydrogens is 264 g/mol. The second kappa shape index (κ2) is 7.46. The summed E-state index contributed by atoms with van der Waals surface area (Å²) in [7, 11) is 0. The maximum Gasteiger partial charge on any atom is 0.263 e. The molecule has 1 saturated heterocycles. The van der Waals surface area contributed by atoms with Crippen LogP contribution in [0.5, 0.6) is 5.75 Å². The van der Waals surface area contributed by atoms with Crippen LogP contribution in [0.4, 0.5) is 0 Å². The van der Waals surface area contributed by atoms with Gasteiger partial charge < -0.3 is 15.4 Å². The van der Waals surface area contributed by atoms with Gasteiger partial charge >= 0.3 is 0 Å². The number of hydrogen-bond donors (Lipinski definition) is 1. The molecule has 0 aliphatic carbocycles. The van der Waals surface area contributed by atoms with E-state index in [1.807, 2.05) is 43.0 Å². The Kier molecular flexibility index (Phi) is 5.62. The molecule has 1 aliphatic heterocycles. The van der Waals surface area contributed by atoms with Gasteiger partial charge in [-0.3, -0.25) is 4.79 Å². The number of carbonyl (C=O) groups is 1. The second-order valence-corrected chi connectivity index (χ2v) is 5.70. The van der Waals surface area contributed by atoms with Crippen molar-refractivity contribution < 1.29 is 9.53 Å². The number of carbonyl (C=O) groups excluding carboxylic acids is 1. The summed E-state index contributed by atoms with van der Waals surface area (Å²) in [6, 6.07) is 7.68. The number of rotatable bonds is 5. The summed E-state index contributed by atoms with van der Waals surface area (Å²) in [5.74, 6) is 0.805. The first-order chi connectivity index (χ1) is 10.1. The molecule has 2 rings (SSSR count). The van der Waals surface area contributed by atoms with Crippen LogP contribution in [0.2, 0.25) is 0 Å². The molecule has 2 atom stereocenters. The van der Waals surface area contributed by atoms with E-state index in [2.05, 4.69) is 0 Å². The van der Waals surface area contributed by atoms with Crippen LogP contribution < -0.4 is 10.5 Å². The monoisotopic (exact) mass is 290 g/mol. The third kappa shape index (κ3) is 3.97. The number of nitrogens with two attached hydrogens (primary N) is 1. The minimum absolute atomic E-state index is 0.0570. The summed E-state index contributed by atoms with van der Waals surface area (Å²) < 4.78 is 5.91. The lowest BCUT2D eigenvalue weighted by atomic mass is 10.0. The van der Waals surface area contributed by atoms with Crippen LogP contribution in [0.15, 0.2) is 24.3 Å². The number of piperidine rings is 1. The smallest absolute Gasteiger partial charge is 0.263 e. The predicted molar refractivity (Wildman–Crippen MR) is 84.2 cm³/mol. The van der Waals surface area contributed by atoms with E-state index in [0.717, 1.165) is 43.7 Å². The molecule has 1 aromatic rings. The Morgan fingerprint density at radius 1 is 1.29 bits per heavy atom. The van der Waals surface area contributed by atoms with E-state index >= 15 is 0 Å². The van der Waals surface area contributed by atoms with E-state index in [1.165, 1.54) is 6.42 Å². The Morgan fingerprint density at radius 3 is 2.62 bits per heavy atom. The van der Waals surface area contributed by atoms with Crippen LogP contribution in [-0.4, -0.2) is 30.0 Å². The molecule has 2 unspecified atom stereocenters. The zero-order valence-corrected chi connectivity index (χ0v) is 13.0. The molecule has 21 heavy (non-hydrogen) atoms. The van der Waals surface area contributed by atoms with Crippen molar-refractivity contribution in [3.63, 3.8) is 0 Å². The number of benzene rings is 1. The molecule has 0 spiro atoms. The minimum atomic E-state index is -0.465. The molecule has 4 heteroatoms. The first-order valence-electron chi connectivity index (χ1n) is 7.93. The van der Waals surface area contributed by atoms with Crippen molar-refractivity contribution in [2.75, 3.05) is 13.1 Å². The lowest BCUT2D eigenvalue weighted by Gasteiger charge is -2.29. The quantitative estimate of drug-likeness (QED) is 0.907. The Balaban J connectivity index is 2.05. The van der Waals surface area contributed by atoms with Gasteiger partial charge in [0.05, 0.1) is 0 Å². The van der Waals surface area contributed by atoms with Crippen molar-refractivity contribution in [3.05, 3.63) is 29.8 Å². The summed E-state index contributed by atoms with van der Waals surface area (Å²) in [5.41, 5.74) is 7.09. The van der Waals surface area contributed by atoms with Gasteiger partial charge in [-0.2, -0.15) is 0 Å². The number of para-hydroxylation sites is 1. The van der Waals surface area contributed by atoms with Gasteiger partial charge in [-0.1, -0.05) is 25.1 Å². The highest BCUT2D eigenvalue weighted by atomic mass is 16.5. The summed E-state index contributed by atoms with van der Waals surface area (Å²) in [6.45, 7) is 5.57. The van der Waals surface area contributed by atoms with E-state index in [1.54, 1.807) is 0 Å². The highest BCUT2D eigenvalue weighted by molar-refractivity contribution is 5.81. The van der Waals surface area contributed by atoms with Crippen LogP contribution >= 0.6 is 0 Å². The summed E-state index contributed by atoms with van der Waals surface area (Å²) in [6.07, 6.45) is 3.78. The lowest BCUT2D eigenvalue weighted by Crippen LogP contribution is -2.43. The van der Waals surface area contributed by atoms with E-state index in [9.17, 15) is 4.79 Å². The van der Waals surface area contributed by atoms with Crippen molar-refractivity contribution in [1.82, 2.24) is 4.90 Å². The molecule has 1 fully saturated rings. The van der Waals surface area contributed by atoms with Crippen molar-refractivity contribution in [3.8, 4) is 5.75 Å². The zero-order valence-electron chi connectivity index (χ0n) is 13.0. The average molecular weight is 290 g/mol. The Morgan fingerprint density at radius 2 is 1.95 bits per heavy atom. The SMILES string of the molecule is CCC(N)c1ccccc1OC(C)C(=O)N1CCCCC1. The van der Waals surface area contributed by atoms with Crippen molar-refractivity contribution in [1.29, 1.82) is 0 Å². The average Bonchev–Trinajstić information content (AvgIpc) is 2.54. The topological polar surface area (TPSA) is 55.6 Å². The Hall–Kier alpha value is -1.55. The molecule has 0 radical (unpaired) electrons. The van der Waals surface area contributed by atoms with Gasteiger partial charge in [-0.05, 0) is 38.7 Å². The van der Waals surface area contributed by atoms with Gasteiger partial charge in [0.1, 0.15) is 5.75 Å². The van der Waals surface area contributed by atoms with Gasteiger partial charge in [0.2, 0.25) is 0 Å². The molecule has 2 N–H and O–H groups in total. The fourth-order valence-electron chi connectivity index (χ4n) is 2.73. The van der Waals surface area contributed by atoms with E-state index in [-0.39, 0.29) is 11.9 Å². The number of ether oxygens (including phenoxy) is 1. The highest BCUT2D eigenvalue weighted by Gasteiger charge is 2.24. The Bertz CT molecular complexity index is 470. The maximum atomic E-state index is 12.4. The molecule has 1 aliphatic rings. The molecule has 0 aromatic heterocycles. The molecule has 1 amide bonds. The van der Waals surface area contributed by atoms with Gasteiger partial charge in [0.15, 0.2) is 6.10 Å². The van der Waals surface area contributed by atoms with Crippen LogP contribution in [0.25, 0.3) is 0 Å². The highest BCUT2D eigenvalue weighted by Crippen LogP contribution is 2.26. The lowest BCUT2D eigenvalue weighted by molar-refractivity contribution is -0.138. The van der Waals surface area contributed by atoms with E-state index in [4.69, 9.17) is 10.5 Å². The number of nitrogens with zero attached hydrogens (tertiary/aromatic N) is 1. The largest absolute Gasteiger partial charge is 0.481 e. The third-order valence-electron chi connectivity index (χ3n) is 4.08. The number of hydrogen-bond acceptors (Lipinski definition) is 3. The molecule has 0 bridgehead atoms. The maximum absolute atomic E-state index is 12.4. The summed E-state index contributed by atoms with van der Waals surface area (Å²) in [5, 5.41) is 0. The van der Waals surface area contributed by atoms with Crippen LogP contribution in [-0.2, 0) is 4.79 Å². The fourth-order valence-corrected chi connectivity index (χ4v) is 2.73. The number of amides is 1. The van der Waals surface area contributed by atoms with Gasteiger partial charge in [0, 0.05) is 24.7 Å². The molecule has 116 valence electrons. The normalized spacial score (nSPS) is 18.1. The van der Waals surface area contributed by atoms with Crippen LogP contribution in [0, 0.1) is 0 Å². The predicted octanol–water partition coefficient (Wildman–Crippen LogP) is 2.88. The molecule has 1 heterocycles.